The van der Waals surface area contributed by atoms with Crippen LogP contribution in [-0.2, 0) is 11.4 Å². The number of anilines is 2. The molecule has 3 aromatic carbocycles. The predicted molar refractivity (Wildman–Crippen MR) is 148 cm³/mol. The van der Waals surface area contributed by atoms with Crippen molar-refractivity contribution in [2.24, 2.45) is 0 Å². The number of nitrogens with zero attached hydrogens (tertiary/aromatic N) is 3. The number of rotatable bonds is 8. The van der Waals surface area contributed by atoms with Gasteiger partial charge in [-0.05, 0) is 56.7 Å². The predicted octanol–water partition coefficient (Wildman–Crippen LogP) is 6.15. The van der Waals surface area contributed by atoms with Gasteiger partial charge in [0.1, 0.15) is 19.0 Å². The second-order valence-corrected chi connectivity index (χ2v) is 9.34. The number of carbonyl (C=O) groups excluding carboxylic acids is 1. The molecule has 0 saturated heterocycles. The second kappa shape index (κ2) is 11.0. The van der Waals surface area contributed by atoms with Crippen molar-refractivity contribution in [2.45, 2.75) is 33.4 Å². The number of benzene rings is 3. The molecule has 9 heteroatoms. The molecule has 194 valence electrons. The van der Waals surface area contributed by atoms with E-state index in [1.54, 1.807) is 4.68 Å². The van der Waals surface area contributed by atoms with Crippen LogP contribution >= 0.6 is 11.6 Å². The summed E-state index contributed by atoms with van der Waals surface area (Å²) in [7, 11) is 0. The lowest BCUT2D eigenvalue weighted by Gasteiger charge is -2.29. The van der Waals surface area contributed by atoms with Crippen molar-refractivity contribution in [3.8, 4) is 11.5 Å². The Labute approximate surface area is 226 Å². The fourth-order valence-corrected chi connectivity index (χ4v) is 4.57. The first-order valence-corrected chi connectivity index (χ1v) is 12.7. The largest absolute Gasteiger partial charge is 0.490 e. The van der Waals surface area contributed by atoms with Crippen LogP contribution in [0.25, 0.3) is 0 Å². The van der Waals surface area contributed by atoms with Gasteiger partial charge in [-0.1, -0.05) is 53.6 Å². The van der Waals surface area contributed by atoms with E-state index in [1.165, 1.54) is 6.33 Å². The lowest BCUT2D eigenvalue weighted by Crippen LogP contribution is -2.31. The van der Waals surface area contributed by atoms with E-state index >= 15 is 0 Å². The van der Waals surface area contributed by atoms with E-state index in [0.29, 0.717) is 52.6 Å². The van der Waals surface area contributed by atoms with Crippen LogP contribution in [0.4, 0.5) is 11.6 Å². The molecule has 1 amide bonds. The average molecular weight is 530 g/mol. The van der Waals surface area contributed by atoms with E-state index in [4.69, 9.17) is 21.1 Å². The monoisotopic (exact) mass is 529 g/mol. The third-order valence-electron chi connectivity index (χ3n) is 6.27. The Hall–Kier alpha value is -4.30. The molecule has 5 rings (SSSR count). The number of amides is 1. The number of aryl methyl sites for hydroxylation is 1. The van der Waals surface area contributed by atoms with Crippen molar-refractivity contribution in [1.82, 2.24) is 14.8 Å². The minimum atomic E-state index is -0.531. The van der Waals surface area contributed by atoms with Crippen LogP contribution in [0.1, 0.15) is 36.6 Å². The molecule has 1 aromatic heterocycles. The summed E-state index contributed by atoms with van der Waals surface area (Å²) in [4.78, 5) is 17.9. The number of hydrogen-bond acceptors (Lipinski definition) is 6. The standard InChI is InChI=1S/C29H28ClN5O3/c1-4-37-25-15-20(11-14-24(25)38-16-21-7-5-6-8-23(21)30)27-26(19(3)33-29-31-17-32-35(27)29)28(36)34-22-12-9-18(2)10-13-22/h5-15,17,27H,4,16H2,1-3H3,(H,34,36)(H,31,32,33). The fourth-order valence-electron chi connectivity index (χ4n) is 4.38. The molecule has 1 atom stereocenters. The third kappa shape index (κ3) is 5.21. The van der Waals surface area contributed by atoms with Crippen molar-refractivity contribution in [1.29, 1.82) is 0 Å². The van der Waals surface area contributed by atoms with Crippen LogP contribution in [0.2, 0.25) is 5.02 Å². The fraction of sp³-hybridized carbons (Fsp3) is 0.207. The molecule has 1 aliphatic heterocycles. The molecule has 1 aliphatic rings. The van der Waals surface area contributed by atoms with Crippen LogP contribution in [0.5, 0.6) is 11.5 Å². The van der Waals surface area contributed by atoms with Gasteiger partial charge < -0.3 is 20.1 Å². The summed E-state index contributed by atoms with van der Waals surface area (Å²) < 4.78 is 13.7. The Morgan fingerprint density at radius 2 is 1.84 bits per heavy atom. The SMILES string of the molecule is CCOc1cc(C2C(C(=O)Nc3ccc(C)cc3)=C(C)Nc3ncnn32)ccc1OCc1ccccc1Cl. The quantitative estimate of drug-likeness (QED) is 0.285. The summed E-state index contributed by atoms with van der Waals surface area (Å²) >= 11 is 6.30. The lowest BCUT2D eigenvalue weighted by molar-refractivity contribution is -0.113. The van der Waals surface area contributed by atoms with Gasteiger partial charge in [0.05, 0.1) is 12.2 Å². The van der Waals surface area contributed by atoms with Gasteiger partial charge >= 0.3 is 0 Å². The Balaban J connectivity index is 1.49. The van der Waals surface area contributed by atoms with E-state index in [2.05, 4.69) is 20.7 Å². The normalized spacial score (nSPS) is 14.5. The number of fused-ring (bicyclic) bond motifs is 1. The van der Waals surface area contributed by atoms with Crippen molar-refractivity contribution in [3.05, 3.63) is 106 Å². The number of ether oxygens (including phenoxy) is 2. The number of allylic oxidation sites excluding steroid dienone is 1. The number of carbonyl (C=O) groups is 1. The molecule has 2 N–H and O–H groups in total. The number of aromatic nitrogens is 3. The maximum Gasteiger partial charge on any atom is 0.255 e. The molecule has 0 bridgehead atoms. The first-order valence-electron chi connectivity index (χ1n) is 12.3. The average Bonchev–Trinajstić information content (AvgIpc) is 3.37. The van der Waals surface area contributed by atoms with Crippen LogP contribution in [0.15, 0.2) is 84.3 Å². The van der Waals surface area contributed by atoms with Crippen molar-refractivity contribution < 1.29 is 14.3 Å². The van der Waals surface area contributed by atoms with Crippen LogP contribution in [0, 0.1) is 6.92 Å². The maximum atomic E-state index is 13.6. The highest BCUT2D eigenvalue weighted by Crippen LogP contribution is 2.39. The van der Waals surface area contributed by atoms with Gasteiger partial charge in [0.15, 0.2) is 11.5 Å². The lowest BCUT2D eigenvalue weighted by atomic mass is 9.94. The van der Waals surface area contributed by atoms with E-state index in [-0.39, 0.29) is 5.91 Å². The van der Waals surface area contributed by atoms with Gasteiger partial charge in [-0.2, -0.15) is 10.1 Å². The van der Waals surface area contributed by atoms with Gasteiger partial charge in [0, 0.05) is 22.0 Å². The first kappa shape index (κ1) is 25.4. The molecule has 1 unspecified atom stereocenters. The van der Waals surface area contributed by atoms with Gasteiger partial charge in [0.2, 0.25) is 5.95 Å². The van der Waals surface area contributed by atoms with Gasteiger partial charge in [-0.15, -0.1) is 0 Å². The Morgan fingerprint density at radius 1 is 1.05 bits per heavy atom. The van der Waals surface area contributed by atoms with Crippen molar-refractivity contribution in [3.63, 3.8) is 0 Å². The van der Waals surface area contributed by atoms with Gasteiger partial charge in [0.25, 0.3) is 5.91 Å². The summed E-state index contributed by atoms with van der Waals surface area (Å²) in [5.74, 6) is 1.46. The van der Waals surface area contributed by atoms with Gasteiger partial charge in [-0.3, -0.25) is 4.79 Å². The summed E-state index contributed by atoms with van der Waals surface area (Å²) in [6, 6.07) is 20.4. The highest BCUT2D eigenvalue weighted by Gasteiger charge is 2.34. The molecule has 4 aromatic rings. The van der Waals surface area contributed by atoms with Crippen molar-refractivity contribution >= 4 is 29.1 Å². The van der Waals surface area contributed by atoms with Crippen LogP contribution < -0.4 is 20.1 Å². The first-order chi connectivity index (χ1) is 18.4. The van der Waals surface area contributed by atoms with Crippen LogP contribution in [0.3, 0.4) is 0 Å². The second-order valence-electron chi connectivity index (χ2n) is 8.93. The van der Waals surface area contributed by atoms with E-state index in [1.807, 2.05) is 87.5 Å². The molecule has 0 spiro atoms. The molecule has 0 saturated carbocycles. The molecule has 2 heterocycles. The van der Waals surface area contributed by atoms with Crippen molar-refractivity contribution in [2.75, 3.05) is 17.2 Å². The summed E-state index contributed by atoms with van der Waals surface area (Å²) in [6.45, 7) is 6.52. The minimum Gasteiger partial charge on any atom is -0.490 e. The minimum absolute atomic E-state index is 0.234. The maximum absolute atomic E-state index is 13.6. The van der Waals surface area contributed by atoms with E-state index in [9.17, 15) is 4.79 Å². The zero-order chi connectivity index (χ0) is 26.6. The molecular formula is C29H28ClN5O3. The topological polar surface area (TPSA) is 90.3 Å². The third-order valence-corrected chi connectivity index (χ3v) is 6.64. The highest BCUT2D eigenvalue weighted by molar-refractivity contribution is 6.31. The number of halogens is 1. The number of hydrogen-bond donors (Lipinski definition) is 2. The molecule has 0 radical (unpaired) electrons. The smallest absolute Gasteiger partial charge is 0.255 e. The summed E-state index contributed by atoms with van der Waals surface area (Å²) in [6.07, 6.45) is 1.47. The zero-order valence-corrected chi connectivity index (χ0v) is 22.1. The molecule has 38 heavy (non-hydrogen) atoms. The molecule has 0 fully saturated rings. The molecule has 0 aliphatic carbocycles. The Morgan fingerprint density at radius 3 is 2.61 bits per heavy atom. The summed E-state index contributed by atoms with van der Waals surface area (Å²) in [5.41, 5.74) is 4.72. The molecule has 8 nitrogen and oxygen atoms in total. The number of nitrogens with one attached hydrogen (secondary N) is 2. The Bertz CT molecular complexity index is 1500. The zero-order valence-electron chi connectivity index (χ0n) is 21.4. The van der Waals surface area contributed by atoms with Crippen LogP contribution in [-0.4, -0.2) is 27.3 Å². The van der Waals surface area contributed by atoms with E-state index < -0.39 is 6.04 Å². The van der Waals surface area contributed by atoms with E-state index in [0.717, 1.165) is 16.7 Å². The summed E-state index contributed by atoms with van der Waals surface area (Å²) in [5, 5.41) is 11.3. The van der Waals surface area contributed by atoms with Gasteiger partial charge in [-0.25, -0.2) is 4.68 Å². The highest BCUT2D eigenvalue weighted by atomic mass is 35.5. The molecular weight excluding hydrogens is 502 g/mol. The Kier molecular flexibility index (Phi) is 7.33.